The third-order valence-corrected chi connectivity index (χ3v) is 7.92. The van der Waals surface area contributed by atoms with Crippen LogP contribution < -0.4 is 14.8 Å². The van der Waals surface area contributed by atoms with Crippen molar-refractivity contribution in [2.45, 2.75) is 56.7 Å². The van der Waals surface area contributed by atoms with Gasteiger partial charge < -0.3 is 34.3 Å². The van der Waals surface area contributed by atoms with Crippen LogP contribution in [0.1, 0.15) is 61.3 Å². The van der Waals surface area contributed by atoms with E-state index in [4.69, 9.17) is 30.5 Å². The van der Waals surface area contributed by atoms with E-state index in [1.807, 2.05) is 43.3 Å². The number of aliphatic carboxylic acids is 1. The van der Waals surface area contributed by atoms with Crippen molar-refractivity contribution in [3.05, 3.63) is 58.1 Å². The van der Waals surface area contributed by atoms with Crippen LogP contribution in [-0.4, -0.2) is 68.1 Å². The first-order chi connectivity index (χ1) is 18.8. The largest absolute Gasteiger partial charge is 0.496 e. The third-order valence-electron chi connectivity index (χ3n) is 7.53. The molecule has 10 heteroatoms. The van der Waals surface area contributed by atoms with Gasteiger partial charge in [-0.15, -0.1) is 0 Å². The van der Waals surface area contributed by atoms with Gasteiger partial charge in [-0.1, -0.05) is 41.9 Å². The minimum absolute atomic E-state index is 0.180. The summed E-state index contributed by atoms with van der Waals surface area (Å²) in [5.41, 5.74) is 1.19. The lowest BCUT2D eigenvalue weighted by atomic mass is 9.90. The number of nitrogens with zero attached hydrogens (tertiary/aromatic N) is 1. The van der Waals surface area contributed by atoms with Crippen molar-refractivity contribution in [1.29, 1.82) is 0 Å². The minimum Gasteiger partial charge on any atom is -0.496 e. The summed E-state index contributed by atoms with van der Waals surface area (Å²) < 4.78 is 22.7. The summed E-state index contributed by atoms with van der Waals surface area (Å²) in [6, 6.07) is 10.5. The van der Waals surface area contributed by atoms with E-state index in [0.717, 1.165) is 24.0 Å². The second-order valence-corrected chi connectivity index (χ2v) is 10.4. The van der Waals surface area contributed by atoms with Crippen LogP contribution in [0.5, 0.6) is 11.5 Å². The number of urea groups is 1. The van der Waals surface area contributed by atoms with E-state index in [0.29, 0.717) is 34.6 Å². The van der Waals surface area contributed by atoms with E-state index < -0.39 is 23.6 Å². The molecule has 39 heavy (non-hydrogen) atoms. The van der Waals surface area contributed by atoms with Crippen LogP contribution in [0.3, 0.4) is 0 Å². The van der Waals surface area contributed by atoms with Crippen LogP contribution in [-0.2, 0) is 20.9 Å². The van der Waals surface area contributed by atoms with Gasteiger partial charge in [-0.2, -0.15) is 0 Å². The van der Waals surface area contributed by atoms with Crippen molar-refractivity contribution in [2.75, 3.05) is 40.6 Å². The van der Waals surface area contributed by atoms with Gasteiger partial charge in [0.15, 0.2) is 0 Å². The molecule has 1 saturated carbocycles. The molecule has 2 amide bonds. The van der Waals surface area contributed by atoms with Gasteiger partial charge in [-0.05, 0) is 37.3 Å². The predicted molar refractivity (Wildman–Crippen MR) is 147 cm³/mol. The number of hydrogen-bond acceptors (Lipinski definition) is 6. The molecule has 1 saturated heterocycles. The summed E-state index contributed by atoms with van der Waals surface area (Å²) in [6.07, 6.45) is 2.43. The number of hydrogen-bond donors (Lipinski definition) is 2. The smallest absolute Gasteiger partial charge is 0.329 e. The normalized spacial score (nSPS) is 17.2. The number of halogens is 1. The summed E-state index contributed by atoms with van der Waals surface area (Å²) >= 11 is 6.89. The molecule has 9 nitrogen and oxygen atoms in total. The van der Waals surface area contributed by atoms with Gasteiger partial charge >= 0.3 is 12.0 Å². The molecule has 1 aliphatic carbocycles. The zero-order valence-electron chi connectivity index (χ0n) is 22.7. The Morgan fingerprint density at radius 2 is 1.87 bits per heavy atom. The van der Waals surface area contributed by atoms with Crippen LogP contribution >= 0.6 is 11.6 Å². The van der Waals surface area contributed by atoms with E-state index in [1.165, 1.54) is 0 Å². The van der Waals surface area contributed by atoms with Crippen LogP contribution in [0.2, 0.25) is 5.02 Å². The van der Waals surface area contributed by atoms with Crippen LogP contribution in [0, 0.1) is 0 Å². The molecular weight excluding hydrogens is 524 g/mol. The van der Waals surface area contributed by atoms with Gasteiger partial charge in [0.05, 0.1) is 38.5 Å². The maximum atomic E-state index is 13.8. The Morgan fingerprint density at radius 3 is 2.46 bits per heavy atom. The third kappa shape index (κ3) is 6.59. The first-order valence-electron chi connectivity index (χ1n) is 13.3. The molecule has 1 heterocycles. The number of rotatable bonds is 12. The maximum absolute atomic E-state index is 13.8. The quantitative estimate of drug-likeness (QED) is 0.345. The Morgan fingerprint density at radius 1 is 1.18 bits per heavy atom. The molecule has 2 N–H and O–H groups in total. The Balaban J connectivity index is 1.61. The molecule has 0 aromatic heterocycles. The van der Waals surface area contributed by atoms with E-state index in [9.17, 15) is 14.7 Å². The second kappa shape index (κ2) is 12.9. The Bertz CT molecular complexity index is 1150. The van der Waals surface area contributed by atoms with Crippen LogP contribution in [0.25, 0.3) is 0 Å². The second-order valence-electron chi connectivity index (χ2n) is 10.0. The lowest BCUT2D eigenvalue weighted by Crippen LogP contribution is -2.60. The molecule has 1 unspecified atom stereocenters. The van der Waals surface area contributed by atoms with Gasteiger partial charge in [0.1, 0.15) is 17.0 Å². The average molecular weight is 561 g/mol. The number of methoxy groups -OCH3 is 2. The molecule has 2 aromatic rings. The highest BCUT2D eigenvalue weighted by Crippen LogP contribution is 2.53. The number of carboxylic acids is 1. The summed E-state index contributed by atoms with van der Waals surface area (Å²) in [7, 11) is 3.18. The number of carbonyl (C=O) groups is 2. The van der Waals surface area contributed by atoms with Gasteiger partial charge in [0.2, 0.25) is 0 Å². The predicted octanol–water partition coefficient (Wildman–Crippen LogP) is 5.16. The molecule has 212 valence electrons. The fourth-order valence-electron chi connectivity index (χ4n) is 5.03. The zero-order valence-corrected chi connectivity index (χ0v) is 23.5. The molecule has 0 bridgehead atoms. The standard InChI is InChI=1S/C29H37ClN2O7/c1-19(22-17-23(36-2)24(21-9-10-21)26(37-3)25(22)30)32(13-16-39-18-20-7-5-4-6-8-20)28(35)31-29(27(33)34)11-14-38-15-12-29/h4-8,17,19,21H,9-16,18H2,1-3H3,(H,31,35)(H,33,34). The molecule has 2 aliphatic rings. The van der Waals surface area contributed by atoms with Crippen LogP contribution in [0.4, 0.5) is 4.79 Å². The Kier molecular flexibility index (Phi) is 9.58. The number of carbonyl (C=O) groups excluding carboxylic acids is 1. The molecule has 4 rings (SSSR count). The molecule has 0 spiro atoms. The summed E-state index contributed by atoms with van der Waals surface area (Å²) in [4.78, 5) is 27.6. The molecule has 1 atom stereocenters. The van der Waals surface area contributed by atoms with Crippen molar-refractivity contribution in [2.24, 2.45) is 0 Å². The zero-order chi connectivity index (χ0) is 28.0. The van der Waals surface area contributed by atoms with Crippen molar-refractivity contribution in [3.63, 3.8) is 0 Å². The highest BCUT2D eigenvalue weighted by atomic mass is 35.5. The molecule has 2 fully saturated rings. The number of amides is 2. The lowest BCUT2D eigenvalue weighted by Gasteiger charge is -2.38. The first kappa shape index (κ1) is 29.0. The minimum atomic E-state index is -1.41. The van der Waals surface area contributed by atoms with Crippen molar-refractivity contribution >= 4 is 23.6 Å². The number of carboxylic acid groups (broad SMARTS) is 1. The highest BCUT2D eigenvalue weighted by Gasteiger charge is 2.43. The highest BCUT2D eigenvalue weighted by molar-refractivity contribution is 6.33. The van der Waals surface area contributed by atoms with Crippen molar-refractivity contribution < 1.29 is 33.6 Å². The molecule has 0 radical (unpaired) electrons. The number of nitrogens with one attached hydrogen (secondary N) is 1. The molecular formula is C29H37ClN2O7. The van der Waals surface area contributed by atoms with Gasteiger partial charge in [0, 0.05) is 43.7 Å². The van der Waals surface area contributed by atoms with Crippen molar-refractivity contribution in [1.82, 2.24) is 10.2 Å². The summed E-state index contributed by atoms with van der Waals surface area (Å²) in [6.45, 7) is 3.19. The Hall–Kier alpha value is -3.01. The van der Waals surface area contributed by atoms with E-state index in [2.05, 4.69) is 5.32 Å². The average Bonchev–Trinajstić information content (AvgIpc) is 3.78. The van der Waals surface area contributed by atoms with Crippen LogP contribution in [0.15, 0.2) is 36.4 Å². The van der Waals surface area contributed by atoms with Gasteiger partial charge in [-0.3, -0.25) is 0 Å². The van der Waals surface area contributed by atoms with Gasteiger partial charge in [-0.25, -0.2) is 9.59 Å². The SMILES string of the molecule is COc1cc(C(C)N(CCOCc2ccccc2)C(=O)NC2(C(=O)O)CCOCC2)c(Cl)c(OC)c1C1CC1. The first-order valence-corrected chi connectivity index (χ1v) is 13.6. The lowest BCUT2D eigenvalue weighted by molar-refractivity contribution is -0.148. The number of benzene rings is 2. The van der Waals surface area contributed by atoms with Gasteiger partial charge in [0.25, 0.3) is 0 Å². The monoisotopic (exact) mass is 560 g/mol. The van der Waals surface area contributed by atoms with Crippen molar-refractivity contribution in [3.8, 4) is 11.5 Å². The van der Waals surface area contributed by atoms with E-state index >= 15 is 0 Å². The summed E-state index contributed by atoms with van der Waals surface area (Å²) in [5, 5.41) is 13.2. The van der Waals surface area contributed by atoms with E-state index in [-0.39, 0.29) is 39.2 Å². The molecule has 2 aromatic carbocycles. The fourth-order valence-corrected chi connectivity index (χ4v) is 5.42. The summed E-state index contributed by atoms with van der Waals surface area (Å²) in [5.74, 6) is 0.453. The van der Waals surface area contributed by atoms with E-state index in [1.54, 1.807) is 19.1 Å². The fraction of sp³-hybridized carbons (Fsp3) is 0.517. The Labute approximate surface area is 234 Å². The maximum Gasteiger partial charge on any atom is 0.329 e. The molecule has 1 aliphatic heterocycles. The topological polar surface area (TPSA) is 107 Å². The number of ether oxygens (including phenoxy) is 4.